The maximum Gasteiger partial charge on any atom is 0.255 e. The molecule has 0 atom stereocenters. The van der Waals surface area contributed by atoms with Gasteiger partial charge < -0.3 is 10.6 Å². The monoisotopic (exact) mass is 511 g/mol. The van der Waals surface area contributed by atoms with E-state index in [1.807, 2.05) is 6.07 Å². The summed E-state index contributed by atoms with van der Waals surface area (Å²) in [6, 6.07) is 13.3. The van der Waals surface area contributed by atoms with Gasteiger partial charge in [-0.1, -0.05) is 34.8 Å². The van der Waals surface area contributed by atoms with E-state index in [9.17, 15) is 4.79 Å². The van der Waals surface area contributed by atoms with Crippen LogP contribution in [0.2, 0.25) is 15.1 Å². The van der Waals surface area contributed by atoms with E-state index in [2.05, 4.69) is 25.6 Å². The first-order valence-corrected chi connectivity index (χ1v) is 11.1. The first kappa shape index (κ1) is 23.5. The van der Waals surface area contributed by atoms with Crippen molar-refractivity contribution in [3.8, 4) is 23.0 Å². The Morgan fingerprint density at radius 2 is 1.74 bits per heavy atom. The Morgan fingerprint density at radius 1 is 0.941 bits per heavy atom. The molecule has 2 N–H and O–H groups in total. The summed E-state index contributed by atoms with van der Waals surface area (Å²) in [6.07, 6.45) is 4.53. The second-order valence-electron chi connectivity index (χ2n) is 7.00. The molecular formula is C23H16Cl3N7O. The molecule has 4 rings (SSSR count). The average molecular weight is 513 g/mol. The van der Waals surface area contributed by atoms with Gasteiger partial charge in [-0.3, -0.25) is 9.36 Å². The highest BCUT2D eigenvalue weighted by atomic mass is 35.5. The number of nitriles is 1. The van der Waals surface area contributed by atoms with Crippen LogP contribution in [0, 0.1) is 11.3 Å². The van der Waals surface area contributed by atoms with E-state index < -0.39 is 0 Å². The number of anilines is 2. The summed E-state index contributed by atoms with van der Waals surface area (Å²) in [5.41, 5.74) is 1.63. The minimum atomic E-state index is -0.292. The zero-order valence-electron chi connectivity index (χ0n) is 17.5. The van der Waals surface area contributed by atoms with Crippen molar-refractivity contribution in [3.05, 3.63) is 92.0 Å². The second kappa shape index (κ2) is 10.5. The first-order chi connectivity index (χ1) is 16.4. The number of pyridine rings is 2. The molecule has 0 unspecified atom stereocenters. The Morgan fingerprint density at radius 3 is 2.47 bits per heavy atom. The minimum absolute atomic E-state index is 0.292. The highest BCUT2D eigenvalue weighted by Crippen LogP contribution is 2.33. The minimum Gasteiger partial charge on any atom is -0.368 e. The van der Waals surface area contributed by atoms with Crippen LogP contribution in [0.25, 0.3) is 16.9 Å². The maximum absolute atomic E-state index is 12.5. The highest BCUT2D eigenvalue weighted by molar-refractivity contribution is 6.36. The molecule has 170 valence electrons. The van der Waals surface area contributed by atoms with Gasteiger partial charge in [0.2, 0.25) is 5.95 Å². The van der Waals surface area contributed by atoms with Crippen molar-refractivity contribution in [3.63, 3.8) is 0 Å². The summed E-state index contributed by atoms with van der Waals surface area (Å²) < 4.78 is 1.37. The quantitative estimate of drug-likeness (QED) is 0.334. The predicted molar refractivity (Wildman–Crippen MR) is 134 cm³/mol. The van der Waals surface area contributed by atoms with E-state index >= 15 is 0 Å². The van der Waals surface area contributed by atoms with Gasteiger partial charge in [0, 0.05) is 42.1 Å². The molecular weight excluding hydrogens is 497 g/mol. The summed E-state index contributed by atoms with van der Waals surface area (Å²) in [5, 5.41) is 16.4. The SMILES string of the molecule is N#Cc1ccc(NCCNc2ncc(-n3cc(Cl)ccc3=O)c(-c3ccc(Cl)cc3Cl)n2)nc1. The molecule has 0 aliphatic carbocycles. The van der Waals surface area contributed by atoms with Gasteiger partial charge in [0.1, 0.15) is 17.6 Å². The van der Waals surface area contributed by atoms with E-state index in [0.717, 1.165) is 0 Å². The number of nitrogens with zero attached hydrogens (tertiary/aromatic N) is 5. The molecule has 3 heterocycles. The lowest BCUT2D eigenvalue weighted by atomic mass is 10.1. The highest BCUT2D eigenvalue weighted by Gasteiger charge is 2.16. The molecule has 0 saturated heterocycles. The van der Waals surface area contributed by atoms with Gasteiger partial charge in [-0.05, 0) is 36.4 Å². The van der Waals surface area contributed by atoms with Crippen LogP contribution in [0.4, 0.5) is 11.8 Å². The smallest absolute Gasteiger partial charge is 0.255 e. The summed E-state index contributed by atoms with van der Waals surface area (Å²) in [5.74, 6) is 0.987. The summed E-state index contributed by atoms with van der Waals surface area (Å²) in [4.78, 5) is 25.6. The van der Waals surface area contributed by atoms with Gasteiger partial charge in [-0.15, -0.1) is 0 Å². The van der Waals surface area contributed by atoms with Gasteiger partial charge in [0.25, 0.3) is 5.56 Å². The van der Waals surface area contributed by atoms with E-state index in [-0.39, 0.29) is 5.56 Å². The number of nitrogens with one attached hydrogen (secondary N) is 2. The second-order valence-corrected chi connectivity index (χ2v) is 8.28. The molecule has 0 fully saturated rings. The predicted octanol–water partition coefficient (Wildman–Crippen LogP) is 5.05. The zero-order valence-corrected chi connectivity index (χ0v) is 19.7. The van der Waals surface area contributed by atoms with Crippen molar-refractivity contribution in [2.45, 2.75) is 0 Å². The fourth-order valence-electron chi connectivity index (χ4n) is 3.10. The maximum atomic E-state index is 12.5. The molecule has 11 heteroatoms. The van der Waals surface area contributed by atoms with Gasteiger partial charge in [0.15, 0.2) is 0 Å². The van der Waals surface area contributed by atoms with Crippen LogP contribution in [0.5, 0.6) is 0 Å². The third kappa shape index (κ3) is 5.46. The van der Waals surface area contributed by atoms with Crippen molar-refractivity contribution in [1.82, 2.24) is 19.5 Å². The van der Waals surface area contributed by atoms with Crippen molar-refractivity contribution in [2.24, 2.45) is 0 Å². The lowest BCUT2D eigenvalue weighted by molar-refractivity contribution is 0.953. The largest absolute Gasteiger partial charge is 0.368 e. The first-order valence-electron chi connectivity index (χ1n) is 9.99. The van der Waals surface area contributed by atoms with Crippen molar-refractivity contribution >= 4 is 46.6 Å². The lowest BCUT2D eigenvalue weighted by Gasteiger charge is -2.14. The number of hydrogen-bond donors (Lipinski definition) is 2. The van der Waals surface area contributed by atoms with Crippen LogP contribution in [-0.4, -0.2) is 32.6 Å². The Bertz CT molecular complexity index is 1430. The molecule has 0 bridgehead atoms. The van der Waals surface area contributed by atoms with Crippen LogP contribution in [0.3, 0.4) is 0 Å². The number of rotatable bonds is 7. The van der Waals surface area contributed by atoms with Crippen LogP contribution in [-0.2, 0) is 0 Å². The Hall–Kier alpha value is -3.64. The van der Waals surface area contributed by atoms with E-state index in [1.165, 1.54) is 35.3 Å². The average Bonchev–Trinajstić information content (AvgIpc) is 2.84. The summed E-state index contributed by atoms with van der Waals surface area (Å²) >= 11 is 18.6. The molecule has 0 aliphatic rings. The molecule has 0 radical (unpaired) electrons. The number of halogens is 3. The molecule has 1 aromatic carbocycles. The lowest BCUT2D eigenvalue weighted by Crippen LogP contribution is -2.19. The molecule has 8 nitrogen and oxygen atoms in total. The Labute approximate surface area is 209 Å². The zero-order chi connectivity index (χ0) is 24.1. The van der Waals surface area contributed by atoms with E-state index in [0.29, 0.717) is 62.4 Å². The van der Waals surface area contributed by atoms with Crippen LogP contribution >= 0.6 is 34.8 Å². The van der Waals surface area contributed by atoms with Crippen LogP contribution in [0.1, 0.15) is 5.56 Å². The number of benzene rings is 1. The summed E-state index contributed by atoms with van der Waals surface area (Å²) in [6.45, 7) is 1.00. The third-order valence-corrected chi connectivity index (χ3v) is 5.47. The molecule has 0 spiro atoms. The van der Waals surface area contributed by atoms with Gasteiger partial charge >= 0.3 is 0 Å². The number of hydrogen-bond acceptors (Lipinski definition) is 7. The fraction of sp³-hybridized carbons (Fsp3) is 0.0870. The van der Waals surface area contributed by atoms with Crippen molar-refractivity contribution < 1.29 is 0 Å². The molecule has 0 saturated carbocycles. The Kier molecular flexibility index (Phi) is 7.28. The fourth-order valence-corrected chi connectivity index (χ4v) is 3.75. The van der Waals surface area contributed by atoms with Gasteiger partial charge in [-0.25, -0.2) is 15.0 Å². The summed E-state index contributed by atoms with van der Waals surface area (Å²) in [7, 11) is 0. The standard InChI is InChI=1S/C23H16Cl3N7O/c24-15-2-4-17(18(26)9-15)22-19(33-13-16(25)3-6-21(33)34)12-31-23(32-22)29-8-7-28-20-5-1-14(10-27)11-30-20/h1-6,9,11-13H,7-8H2,(H,28,30)(H,29,31,32). The van der Waals surface area contributed by atoms with Gasteiger partial charge in [-0.2, -0.15) is 5.26 Å². The van der Waals surface area contributed by atoms with E-state index in [1.54, 1.807) is 30.3 Å². The third-order valence-electron chi connectivity index (χ3n) is 4.70. The molecule has 4 aromatic rings. The van der Waals surface area contributed by atoms with Crippen LogP contribution < -0.4 is 16.2 Å². The normalized spacial score (nSPS) is 10.5. The topological polar surface area (TPSA) is 109 Å². The van der Waals surface area contributed by atoms with E-state index in [4.69, 9.17) is 40.1 Å². The molecule has 0 amide bonds. The van der Waals surface area contributed by atoms with Crippen molar-refractivity contribution in [2.75, 3.05) is 23.7 Å². The molecule has 0 aliphatic heterocycles. The number of aromatic nitrogens is 4. The molecule has 34 heavy (non-hydrogen) atoms. The van der Waals surface area contributed by atoms with Gasteiger partial charge in [0.05, 0.1) is 27.5 Å². The molecule has 3 aromatic heterocycles. The Balaban J connectivity index is 1.60. The van der Waals surface area contributed by atoms with Crippen molar-refractivity contribution in [1.29, 1.82) is 5.26 Å². The van der Waals surface area contributed by atoms with Crippen LogP contribution in [0.15, 0.2) is 65.8 Å².